The summed E-state index contributed by atoms with van der Waals surface area (Å²) in [6, 6.07) is 6.53. The predicted octanol–water partition coefficient (Wildman–Crippen LogP) is 3.27. The fraction of sp³-hybridized carbons (Fsp3) is 0.500. The van der Waals surface area contributed by atoms with Gasteiger partial charge in [0.15, 0.2) is 5.13 Å². The molecular formula is C18H22N4O2S2. The minimum Gasteiger partial charge on any atom is -0.332 e. The number of hydrogen-bond donors (Lipinski definition) is 3. The third-order valence-electron chi connectivity index (χ3n) is 4.95. The number of rotatable bonds is 6. The maximum Gasteiger partial charge on any atom is 0.315 e. The SMILES string of the molecule is Cc1cccc2sc(NC(=O)CCCC[C@@H]3SC[C@@H]4NC(=O)N[C@@H]43)nc12. The second-order valence-corrected chi connectivity index (χ2v) is 9.16. The number of carbonyl (C=O) groups is 2. The van der Waals surface area contributed by atoms with E-state index in [4.69, 9.17) is 0 Å². The van der Waals surface area contributed by atoms with Crippen LogP contribution in [0.5, 0.6) is 0 Å². The first kappa shape index (κ1) is 17.6. The van der Waals surface area contributed by atoms with Crippen molar-refractivity contribution in [2.45, 2.75) is 49.9 Å². The van der Waals surface area contributed by atoms with Crippen LogP contribution in [0.3, 0.4) is 0 Å². The number of nitrogens with zero attached hydrogens (tertiary/aromatic N) is 1. The summed E-state index contributed by atoms with van der Waals surface area (Å²) in [5, 5.41) is 10.0. The van der Waals surface area contributed by atoms with Gasteiger partial charge in [0.25, 0.3) is 0 Å². The highest BCUT2D eigenvalue weighted by atomic mass is 32.2. The van der Waals surface area contributed by atoms with Gasteiger partial charge >= 0.3 is 6.03 Å². The van der Waals surface area contributed by atoms with Gasteiger partial charge in [-0.3, -0.25) is 4.79 Å². The molecule has 2 saturated heterocycles. The number of aromatic nitrogens is 1. The maximum absolute atomic E-state index is 12.2. The van der Waals surface area contributed by atoms with Crippen LogP contribution in [-0.4, -0.2) is 40.0 Å². The summed E-state index contributed by atoms with van der Waals surface area (Å²) < 4.78 is 1.10. The van der Waals surface area contributed by atoms with E-state index < -0.39 is 0 Å². The van der Waals surface area contributed by atoms with Gasteiger partial charge < -0.3 is 16.0 Å². The lowest BCUT2D eigenvalue weighted by molar-refractivity contribution is -0.116. The predicted molar refractivity (Wildman–Crippen MR) is 107 cm³/mol. The minimum atomic E-state index is -0.0456. The zero-order valence-corrected chi connectivity index (χ0v) is 16.2. The maximum atomic E-state index is 12.2. The Morgan fingerprint density at radius 3 is 3.08 bits per heavy atom. The molecule has 8 heteroatoms. The molecule has 3 atom stereocenters. The lowest BCUT2D eigenvalue weighted by Crippen LogP contribution is -2.36. The van der Waals surface area contributed by atoms with Crippen LogP contribution in [0, 0.1) is 6.92 Å². The standard InChI is InChI=1S/C18H22N4O2S2/c1-10-5-4-7-13-15(10)22-18(26-13)20-14(23)8-3-2-6-12-16-11(9-25-12)19-17(24)21-16/h4-5,7,11-12,16H,2-3,6,8-9H2,1H3,(H2,19,21,24)(H,20,22,23)/t11-,12-,16-/m0/s1. The third-order valence-corrected chi connectivity index (χ3v) is 7.39. The lowest BCUT2D eigenvalue weighted by atomic mass is 10.0. The summed E-state index contributed by atoms with van der Waals surface area (Å²) in [5.41, 5.74) is 2.09. The molecule has 0 spiro atoms. The third kappa shape index (κ3) is 3.66. The number of nitrogens with one attached hydrogen (secondary N) is 3. The van der Waals surface area contributed by atoms with Gasteiger partial charge in [-0.1, -0.05) is 29.9 Å². The van der Waals surface area contributed by atoms with Crippen molar-refractivity contribution in [1.82, 2.24) is 15.6 Å². The van der Waals surface area contributed by atoms with Gasteiger partial charge in [-0.05, 0) is 31.4 Å². The van der Waals surface area contributed by atoms with Gasteiger partial charge in [-0.25, -0.2) is 9.78 Å². The second-order valence-electron chi connectivity index (χ2n) is 6.86. The first-order valence-electron chi connectivity index (χ1n) is 8.95. The number of fused-ring (bicyclic) bond motifs is 2. The largest absolute Gasteiger partial charge is 0.332 e. The van der Waals surface area contributed by atoms with Crippen molar-refractivity contribution in [2.75, 3.05) is 11.1 Å². The van der Waals surface area contributed by atoms with E-state index in [0.29, 0.717) is 16.8 Å². The van der Waals surface area contributed by atoms with E-state index in [1.54, 1.807) is 0 Å². The fourth-order valence-electron chi connectivity index (χ4n) is 3.60. The normalized spacial score (nSPS) is 24.3. The van der Waals surface area contributed by atoms with Crippen LogP contribution >= 0.6 is 23.1 Å². The number of unbranched alkanes of at least 4 members (excludes halogenated alkanes) is 1. The number of para-hydroxylation sites is 1. The quantitative estimate of drug-likeness (QED) is 0.522. The van der Waals surface area contributed by atoms with Crippen molar-refractivity contribution in [3.8, 4) is 0 Å². The Balaban J connectivity index is 1.22. The molecule has 4 rings (SSSR count). The van der Waals surface area contributed by atoms with E-state index in [1.165, 1.54) is 11.3 Å². The Kier molecular flexibility index (Phi) is 5.04. The number of hydrogen-bond acceptors (Lipinski definition) is 5. The number of amides is 3. The molecule has 26 heavy (non-hydrogen) atoms. The molecule has 2 aromatic rings. The Hall–Kier alpha value is -1.80. The van der Waals surface area contributed by atoms with Gasteiger partial charge in [0, 0.05) is 17.4 Å². The molecule has 138 valence electrons. The molecule has 0 bridgehead atoms. The van der Waals surface area contributed by atoms with Crippen LogP contribution in [0.2, 0.25) is 0 Å². The lowest BCUT2D eigenvalue weighted by Gasteiger charge is -2.16. The molecule has 1 aromatic carbocycles. The second kappa shape index (κ2) is 7.44. The number of thioether (sulfide) groups is 1. The molecule has 0 saturated carbocycles. The molecule has 2 aliphatic rings. The number of carbonyl (C=O) groups excluding carboxylic acids is 2. The van der Waals surface area contributed by atoms with Crippen molar-refractivity contribution in [2.24, 2.45) is 0 Å². The Bertz CT molecular complexity index is 838. The highest BCUT2D eigenvalue weighted by molar-refractivity contribution is 8.00. The molecule has 3 N–H and O–H groups in total. The van der Waals surface area contributed by atoms with Crippen LogP contribution in [0.25, 0.3) is 10.2 Å². The number of benzene rings is 1. The van der Waals surface area contributed by atoms with E-state index in [-0.39, 0.29) is 24.0 Å². The monoisotopic (exact) mass is 390 g/mol. The first-order chi connectivity index (χ1) is 12.6. The van der Waals surface area contributed by atoms with Crippen molar-refractivity contribution in [1.29, 1.82) is 0 Å². The highest BCUT2D eigenvalue weighted by Crippen LogP contribution is 2.33. The van der Waals surface area contributed by atoms with Crippen LogP contribution in [-0.2, 0) is 4.79 Å². The number of anilines is 1. The average Bonchev–Trinajstić information content (AvgIpc) is 3.26. The zero-order chi connectivity index (χ0) is 18.1. The van der Waals surface area contributed by atoms with Crippen molar-refractivity contribution < 1.29 is 9.59 Å². The highest BCUT2D eigenvalue weighted by Gasteiger charge is 2.42. The van der Waals surface area contributed by atoms with Crippen molar-refractivity contribution >= 4 is 50.4 Å². The summed E-state index contributed by atoms with van der Waals surface area (Å²) in [5.74, 6) is 1.00. The topological polar surface area (TPSA) is 83.1 Å². The minimum absolute atomic E-state index is 0.0227. The van der Waals surface area contributed by atoms with Crippen LogP contribution < -0.4 is 16.0 Å². The molecule has 3 amide bonds. The van der Waals surface area contributed by atoms with Gasteiger partial charge in [0.2, 0.25) is 5.91 Å². The summed E-state index contributed by atoms with van der Waals surface area (Å²) >= 11 is 3.43. The van der Waals surface area contributed by atoms with Gasteiger partial charge in [0.1, 0.15) is 0 Å². The number of urea groups is 1. The average molecular weight is 391 g/mol. The molecule has 2 aliphatic heterocycles. The molecular weight excluding hydrogens is 368 g/mol. The van der Waals surface area contributed by atoms with E-state index in [2.05, 4.69) is 20.9 Å². The molecule has 0 radical (unpaired) electrons. The summed E-state index contributed by atoms with van der Waals surface area (Å²) in [4.78, 5) is 28.1. The smallest absolute Gasteiger partial charge is 0.315 e. The molecule has 3 heterocycles. The number of thiazole rings is 1. The summed E-state index contributed by atoms with van der Waals surface area (Å²) in [6.45, 7) is 2.03. The van der Waals surface area contributed by atoms with Crippen LogP contribution in [0.15, 0.2) is 18.2 Å². The molecule has 1 aromatic heterocycles. The van der Waals surface area contributed by atoms with E-state index in [9.17, 15) is 9.59 Å². The van der Waals surface area contributed by atoms with Crippen molar-refractivity contribution in [3.05, 3.63) is 23.8 Å². The van der Waals surface area contributed by atoms with Crippen LogP contribution in [0.1, 0.15) is 31.2 Å². The van der Waals surface area contributed by atoms with Gasteiger partial charge in [0.05, 0.1) is 22.3 Å². The summed E-state index contributed by atoms with van der Waals surface area (Å²) in [6.07, 6.45) is 3.38. The van der Waals surface area contributed by atoms with Gasteiger partial charge in [-0.2, -0.15) is 11.8 Å². The fourth-order valence-corrected chi connectivity index (χ4v) is 6.10. The summed E-state index contributed by atoms with van der Waals surface area (Å²) in [7, 11) is 0. The van der Waals surface area contributed by atoms with E-state index >= 15 is 0 Å². The Morgan fingerprint density at radius 1 is 1.35 bits per heavy atom. The Morgan fingerprint density at radius 2 is 2.23 bits per heavy atom. The van der Waals surface area contributed by atoms with Gasteiger partial charge in [-0.15, -0.1) is 0 Å². The zero-order valence-electron chi connectivity index (χ0n) is 14.6. The molecule has 6 nitrogen and oxygen atoms in total. The molecule has 0 aliphatic carbocycles. The van der Waals surface area contributed by atoms with Crippen LogP contribution in [0.4, 0.5) is 9.93 Å². The first-order valence-corrected chi connectivity index (χ1v) is 10.8. The van der Waals surface area contributed by atoms with Crippen molar-refractivity contribution in [3.63, 3.8) is 0 Å². The number of aryl methyl sites for hydroxylation is 1. The van der Waals surface area contributed by atoms with E-state index in [1.807, 2.05) is 36.9 Å². The Labute approximate surface area is 160 Å². The van der Waals surface area contributed by atoms with E-state index in [0.717, 1.165) is 40.8 Å². The molecule has 0 unspecified atom stereocenters. The molecule has 2 fully saturated rings.